The van der Waals surface area contributed by atoms with Crippen LogP contribution in [-0.4, -0.2) is 48.9 Å². The molecule has 0 radical (unpaired) electrons. The Bertz CT molecular complexity index is 379. The van der Waals surface area contributed by atoms with E-state index in [0.29, 0.717) is 0 Å². The molecule has 2 heterocycles. The molecule has 6 nitrogen and oxygen atoms in total. The monoisotopic (exact) mass is 251 g/mol. The molecular formula is C12H21N5O. The van der Waals surface area contributed by atoms with Gasteiger partial charge in [-0.25, -0.2) is 9.97 Å². The number of ether oxygens (including phenoxy) is 1. The molecule has 0 aliphatic carbocycles. The summed E-state index contributed by atoms with van der Waals surface area (Å²) in [5, 5.41) is 9.79. The van der Waals surface area contributed by atoms with Gasteiger partial charge < -0.3 is 20.7 Å². The maximum Gasteiger partial charge on any atom is 0.131 e. The zero-order valence-corrected chi connectivity index (χ0v) is 11.0. The lowest BCUT2D eigenvalue weighted by Crippen LogP contribution is -2.42. The molecule has 6 heteroatoms. The van der Waals surface area contributed by atoms with Crippen molar-refractivity contribution in [2.45, 2.75) is 20.0 Å². The molecule has 0 aromatic carbocycles. The predicted molar refractivity (Wildman–Crippen MR) is 72.0 cm³/mol. The second-order valence-electron chi connectivity index (χ2n) is 4.29. The Hall–Kier alpha value is -1.40. The van der Waals surface area contributed by atoms with Crippen LogP contribution >= 0.6 is 0 Å². The van der Waals surface area contributed by atoms with Crippen LogP contribution in [0.4, 0.5) is 11.6 Å². The van der Waals surface area contributed by atoms with E-state index in [1.54, 1.807) is 0 Å². The smallest absolute Gasteiger partial charge is 0.131 e. The zero-order chi connectivity index (χ0) is 12.8. The van der Waals surface area contributed by atoms with Gasteiger partial charge >= 0.3 is 0 Å². The average molecular weight is 251 g/mol. The van der Waals surface area contributed by atoms with Gasteiger partial charge in [-0.2, -0.15) is 0 Å². The number of aromatic nitrogens is 2. The molecule has 1 aromatic heterocycles. The lowest BCUT2D eigenvalue weighted by Gasteiger charge is -2.24. The lowest BCUT2D eigenvalue weighted by molar-refractivity contribution is 0.0372. The minimum absolute atomic E-state index is 0.205. The quantitative estimate of drug-likeness (QED) is 0.712. The fraction of sp³-hybridized carbons (Fsp3) is 0.667. The minimum atomic E-state index is 0.205. The first-order chi connectivity index (χ1) is 8.78. The van der Waals surface area contributed by atoms with Gasteiger partial charge in [-0.1, -0.05) is 0 Å². The Balaban J connectivity index is 1.91. The van der Waals surface area contributed by atoms with Gasteiger partial charge in [0, 0.05) is 32.2 Å². The van der Waals surface area contributed by atoms with Crippen molar-refractivity contribution in [3.63, 3.8) is 0 Å². The van der Waals surface area contributed by atoms with Crippen molar-refractivity contribution in [3.05, 3.63) is 11.9 Å². The normalized spacial score (nSPS) is 19.6. The summed E-state index contributed by atoms with van der Waals surface area (Å²) in [5.41, 5.74) is 0. The van der Waals surface area contributed by atoms with Crippen molar-refractivity contribution in [3.8, 4) is 0 Å². The summed E-state index contributed by atoms with van der Waals surface area (Å²) >= 11 is 0. The van der Waals surface area contributed by atoms with Gasteiger partial charge in [-0.05, 0) is 13.8 Å². The maximum absolute atomic E-state index is 5.62. The topological polar surface area (TPSA) is 71.1 Å². The van der Waals surface area contributed by atoms with E-state index in [9.17, 15) is 0 Å². The van der Waals surface area contributed by atoms with E-state index in [2.05, 4.69) is 25.9 Å². The highest BCUT2D eigenvalue weighted by Gasteiger charge is 2.13. The number of aryl methyl sites for hydroxylation is 1. The summed E-state index contributed by atoms with van der Waals surface area (Å²) in [7, 11) is 0. The van der Waals surface area contributed by atoms with Gasteiger partial charge in [-0.15, -0.1) is 0 Å². The van der Waals surface area contributed by atoms with Gasteiger partial charge in [0.25, 0.3) is 0 Å². The number of nitrogens with one attached hydrogen (secondary N) is 3. The van der Waals surface area contributed by atoms with Crippen molar-refractivity contribution in [1.82, 2.24) is 15.3 Å². The van der Waals surface area contributed by atoms with E-state index in [0.717, 1.165) is 50.2 Å². The van der Waals surface area contributed by atoms with Crippen LogP contribution in [0.5, 0.6) is 0 Å². The molecule has 1 fully saturated rings. The fourth-order valence-corrected chi connectivity index (χ4v) is 1.90. The molecule has 3 N–H and O–H groups in total. The standard InChI is InChI=1S/C12H21N5O/c1-3-14-11-6-12(17-9(2)16-11)15-8-10-7-13-4-5-18-10/h6,10,13H,3-5,7-8H2,1-2H3,(H2,14,15,16,17). The van der Waals surface area contributed by atoms with Crippen molar-refractivity contribution < 1.29 is 4.74 Å². The van der Waals surface area contributed by atoms with Crippen molar-refractivity contribution in [1.29, 1.82) is 0 Å². The molecule has 0 spiro atoms. The van der Waals surface area contributed by atoms with Crippen molar-refractivity contribution >= 4 is 11.6 Å². The molecule has 1 saturated heterocycles. The maximum atomic E-state index is 5.62. The Morgan fingerprint density at radius 3 is 2.83 bits per heavy atom. The van der Waals surface area contributed by atoms with Gasteiger partial charge in [0.05, 0.1) is 12.7 Å². The Morgan fingerprint density at radius 1 is 1.39 bits per heavy atom. The summed E-state index contributed by atoms with van der Waals surface area (Å²) in [5.74, 6) is 2.46. The van der Waals surface area contributed by atoms with Crippen LogP contribution in [0.1, 0.15) is 12.7 Å². The SMILES string of the molecule is CCNc1cc(NCC2CNCCO2)nc(C)n1. The molecule has 0 amide bonds. The first-order valence-corrected chi connectivity index (χ1v) is 6.43. The second-order valence-corrected chi connectivity index (χ2v) is 4.29. The summed E-state index contributed by atoms with van der Waals surface area (Å²) in [6, 6.07) is 1.92. The van der Waals surface area contributed by atoms with Gasteiger partial charge in [-0.3, -0.25) is 0 Å². The lowest BCUT2D eigenvalue weighted by atomic mass is 10.3. The molecule has 1 aliphatic heterocycles. The minimum Gasteiger partial charge on any atom is -0.374 e. The van der Waals surface area contributed by atoms with Crippen LogP contribution < -0.4 is 16.0 Å². The molecular weight excluding hydrogens is 230 g/mol. The third-order valence-electron chi connectivity index (χ3n) is 2.71. The Labute approximate surface area is 108 Å². The van der Waals surface area contributed by atoms with Crippen LogP contribution in [0.2, 0.25) is 0 Å². The number of hydrogen-bond donors (Lipinski definition) is 3. The van der Waals surface area contributed by atoms with Crippen molar-refractivity contribution in [2.24, 2.45) is 0 Å². The molecule has 0 saturated carbocycles. The average Bonchev–Trinajstić information content (AvgIpc) is 2.37. The second kappa shape index (κ2) is 6.51. The molecule has 100 valence electrons. The van der Waals surface area contributed by atoms with E-state index in [4.69, 9.17) is 4.74 Å². The van der Waals surface area contributed by atoms with E-state index in [-0.39, 0.29) is 6.10 Å². The summed E-state index contributed by atoms with van der Waals surface area (Å²) in [6.07, 6.45) is 0.205. The van der Waals surface area contributed by atoms with Crippen LogP contribution in [0.25, 0.3) is 0 Å². The first kappa shape index (κ1) is 13.0. The molecule has 1 unspecified atom stereocenters. The highest BCUT2D eigenvalue weighted by Crippen LogP contribution is 2.11. The first-order valence-electron chi connectivity index (χ1n) is 6.43. The van der Waals surface area contributed by atoms with E-state index >= 15 is 0 Å². The number of anilines is 2. The summed E-state index contributed by atoms with van der Waals surface area (Å²) in [6.45, 7) is 8.15. The number of hydrogen-bond acceptors (Lipinski definition) is 6. The zero-order valence-electron chi connectivity index (χ0n) is 11.0. The molecule has 1 aliphatic rings. The summed E-state index contributed by atoms with van der Waals surface area (Å²) in [4.78, 5) is 8.67. The summed E-state index contributed by atoms with van der Waals surface area (Å²) < 4.78 is 5.62. The van der Waals surface area contributed by atoms with E-state index in [1.165, 1.54) is 0 Å². The Kier molecular flexibility index (Phi) is 4.72. The van der Waals surface area contributed by atoms with Gasteiger partial charge in [0.1, 0.15) is 17.5 Å². The van der Waals surface area contributed by atoms with Crippen LogP contribution in [-0.2, 0) is 4.74 Å². The molecule has 1 atom stereocenters. The van der Waals surface area contributed by atoms with E-state index in [1.807, 2.05) is 19.9 Å². The van der Waals surface area contributed by atoms with Gasteiger partial charge in [0.2, 0.25) is 0 Å². The number of nitrogens with zero attached hydrogens (tertiary/aromatic N) is 2. The van der Waals surface area contributed by atoms with Crippen LogP contribution in [0.15, 0.2) is 6.07 Å². The van der Waals surface area contributed by atoms with E-state index < -0.39 is 0 Å². The highest BCUT2D eigenvalue weighted by atomic mass is 16.5. The van der Waals surface area contributed by atoms with Crippen LogP contribution in [0.3, 0.4) is 0 Å². The fourth-order valence-electron chi connectivity index (χ4n) is 1.90. The number of rotatable bonds is 5. The van der Waals surface area contributed by atoms with Crippen LogP contribution in [0, 0.1) is 6.92 Å². The van der Waals surface area contributed by atoms with Crippen molar-refractivity contribution in [2.75, 3.05) is 43.4 Å². The number of morpholine rings is 1. The third-order valence-corrected chi connectivity index (χ3v) is 2.71. The Morgan fingerprint density at radius 2 is 2.17 bits per heavy atom. The predicted octanol–water partition coefficient (Wildman–Crippen LogP) is 0.617. The molecule has 2 rings (SSSR count). The third kappa shape index (κ3) is 3.82. The largest absolute Gasteiger partial charge is 0.374 e. The highest BCUT2D eigenvalue weighted by molar-refractivity contribution is 5.47. The molecule has 18 heavy (non-hydrogen) atoms. The molecule has 1 aromatic rings. The molecule has 0 bridgehead atoms. The van der Waals surface area contributed by atoms with Gasteiger partial charge in [0.15, 0.2) is 0 Å².